The summed E-state index contributed by atoms with van der Waals surface area (Å²) < 4.78 is 13.4. The molecule has 11 aromatic rings. The van der Waals surface area contributed by atoms with E-state index >= 15 is 9.59 Å². The molecule has 0 aliphatic heterocycles. The van der Waals surface area contributed by atoms with E-state index in [-0.39, 0.29) is 42.5 Å². The second-order valence-electron chi connectivity index (χ2n) is 24.4. The Hall–Kier alpha value is -7.18. The van der Waals surface area contributed by atoms with Gasteiger partial charge in [-0.1, -0.05) is 74.9 Å². The smallest absolute Gasteiger partial charge is 0.324 e. The van der Waals surface area contributed by atoms with Crippen LogP contribution in [-0.2, 0) is 50.2 Å². The molecule has 0 amide bonds. The van der Waals surface area contributed by atoms with Crippen LogP contribution in [0.5, 0.6) is 11.5 Å². The van der Waals surface area contributed by atoms with Crippen LogP contribution in [0.3, 0.4) is 0 Å². The van der Waals surface area contributed by atoms with Gasteiger partial charge in [-0.2, -0.15) is 0 Å². The first-order chi connectivity index (χ1) is 35.8. The van der Waals surface area contributed by atoms with Gasteiger partial charge in [0.05, 0.1) is 13.2 Å². The Morgan fingerprint density at radius 3 is 1.82 bits per heavy atom. The number of aromatic hydroxyl groups is 2. The maximum Gasteiger partial charge on any atom is 0.324 e. The highest BCUT2D eigenvalue weighted by molar-refractivity contribution is 6.59. The van der Waals surface area contributed by atoms with Crippen molar-refractivity contribution in [3.8, 4) is 11.5 Å². The average Bonchev–Trinajstić information content (AvgIpc) is 2.61. The summed E-state index contributed by atoms with van der Waals surface area (Å²) in [6, 6.07) is 22.3. The fourth-order valence-corrected chi connectivity index (χ4v) is 21.2. The zero-order valence-electron chi connectivity index (χ0n) is 40.8. The van der Waals surface area contributed by atoms with E-state index < -0.39 is 33.6 Å². The van der Waals surface area contributed by atoms with E-state index in [4.69, 9.17) is 9.47 Å². The summed E-state index contributed by atoms with van der Waals surface area (Å²) in [6.45, 7) is 4.91. The van der Waals surface area contributed by atoms with Crippen LogP contribution in [-0.4, -0.2) is 35.4 Å². The van der Waals surface area contributed by atoms with Gasteiger partial charge in [-0.25, -0.2) is 0 Å². The van der Waals surface area contributed by atoms with Crippen molar-refractivity contribution in [3.63, 3.8) is 0 Å². The largest absolute Gasteiger partial charge is 0.508 e. The molecular formula is C67H48O6. The van der Waals surface area contributed by atoms with Crippen LogP contribution in [0.2, 0.25) is 0 Å². The standard InChI is InChI=1S/C67H48O6/c1-3-17-66-64-27-36-25-34-23-31-20-30-21-33-22-32-24-35-26-39(47-52-43(35)42(32)49-44(33)48-40(30)41(31)50-45(34)51-46(36)60(64)59(47)58-56(51)54(50)53(48)55(49)57(52)58)61(64)65(66,4-2)67(66,62(70)72-18-5-7-28-9-13-37(68)14-10-28)63(71)73-19-6-8-29-11-15-38(69)16-12-29/h9-16,21-23,25-26,34,45,61,68-69H,3-8,17-20,24,27H2,1-2H3. The maximum absolute atomic E-state index is 16.2. The van der Waals surface area contributed by atoms with E-state index in [1.165, 1.54) is 120 Å². The number of fused-ring (bicyclic) bond motifs is 3. The highest BCUT2D eigenvalue weighted by atomic mass is 16.6. The number of ether oxygens (including phenoxy) is 2. The van der Waals surface area contributed by atoms with Crippen LogP contribution in [0.15, 0.2) is 78.9 Å². The molecule has 6 unspecified atom stereocenters. The molecule has 20 rings (SSSR count). The van der Waals surface area contributed by atoms with Gasteiger partial charge in [-0.3, -0.25) is 9.59 Å². The topological polar surface area (TPSA) is 93.1 Å². The molecule has 9 aliphatic carbocycles. The molecule has 11 aromatic carbocycles. The second kappa shape index (κ2) is 11.5. The first-order valence-electron chi connectivity index (χ1n) is 27.4. The number of benzene rings is 9. The molecule has 6 nitrogen and oxygen atoms in total. The van der Waals surface area contributed by atoms with Gasteiger partial charge >= 0.3 is 11.9 Å². The molecule has 0 heterocycles. The predicted octanol–water partition coefficient (Wildman–Crippen LogP) is 14.1. The van der Waals surface area contributed by atoms with E-state index in [0.717, 1.165) is 43.2 Å². The van der Waals surface area contributed by atoms with Crippen molar-refractivity contribution in [2.75, 3.05) is 13.2 Å². The number of carbonyl (C=O) groups excluding carboxylic acids is 2. The van der Waals surface area contributed by atoms with Gasteiger partial charge in [0.2, 0.25) is 0 Å². The normalized spacial score (nSPS) is 26.8. The lowest BCUT2D eigenvalue weighted by molar-refractivity contribution is -0.168. The lowest BCUT2D eigenvalue weighted by atomic mass is 9.40. The average molecular weight is 949 g/mol. The molecule has 2 fully saturated rings. The predicted molar refractivity (Wildman–Crippen MR) is 287 cm³/mol. The fraction of sp³-hybridized carbons (Fsp3) is 0.313. The van der Waals surface area contributed by atoms with Gasteiger partial charge in [0.1, 0.15) is 11.5 Å². The van der Waals surface area contributed by atoms with E-state index in [2.05, 4.69) is 44.2 Å². The summed E-state index contributed by atoms with van der Waals surface area (Å²) in [7, 11) is 0. The van der Waals surface area contributed by atoms with Crippen molar-refractivity contribution in [1.82, 2.24) is 0 Å². The van der Waals surface area contributed by atoms with Crippen molar-refractivity contribution >= 4 is 109 Å². The number of carbonyl (C=O) groups is 2. The van der Waals surface area contributed by atoms with E-state index in [9.17, 15) is 10.2 Å². The maximum atomic E-state index is 16.2. The van der Waals surface area contributed by atoms with Crippen LogP contribution >= 0.6 is 0 Å². The van der Waals surface area contributed by atoms with Crippen molar-refractivity contribution in [2.24, 2.45) is 22.2 Å². The fourth-order valence-electron chi connectivity index (χ4n) is 21.2. The third kappa shape index (κ3) is 3.39. The van der Waals surface area contributed by atoms with Crippen molar-refractivity contribution in [1.29, 1.82) is 0 Å². The Kier molecular flexibility index (Phi) is 6.03. The zero-order chi connectivity index (χ0) is 47.9. The summed E-state index contributed by atoms with van der Waals surface area (Å²) in [4.78, 5) is 32.5. The molecule has 6 heteroatoms. The van der Waals surface area contributed by atoms with Crippen LogP contribution < -0.4 is 0 Å². The Morgan fingerprint density at radius 1 is 0.603 bits per heavy atom. The Balaban J connectivity index is 0.867. The molecule has 73 heavy (non-hydrogen) atoms. The molecular weight excluding hydrogens is 901 g/mol. The van der Waals surface area contributed by atoms with Gasteiger partial charge in [0.15, 0.2) is 5.41 Å². The third-order valence-corrected chi connectivity index (χ3v) is 22.4. The molecule has 2 N–H and O–H groups in total. The van der Waals surface area contributed by atoms with Crippen molar-refractivity contribution < 1.29 is 29.3 Å². The van der Waals surface area contributed by atoms with Gasteiger partial charge < -0.3 is 19.7 Å². The molecule has 0 saturated heterocycles. The monoisotopic (exact) mass is 948 g/mol. The summed E-state index contributed by atoms with van der Waals surface area (Å²) in [5, 5.41) is 43.9. The van der Waals surface area contributed by atoms with Crippen LogP contribution in [0, 0.1) is 22.2 Å². The Labute approximate surface area is 418 Å². The number of phenolic OH excluding ortho intramolecular Hbond substituents is 2. The second-order valence-corrected chi connectivity index (χ2v) is 24.4. The molecule has 0 bridgehead atoms. The van der Waals surface area contributed by atoms with Crippen LogP contribution in [0.4, 0.5) is 0 Å². The number of aryl methyl sites for hydroxylation is 2. The van der Waals surface area contributed by atoms with E-state index in [1.54, 1.807) is 51.7 Å². The molecule has 2 saturated carbocycles. The molecule has 0 aromatic heterocycles. The van der Waals surface area contributed by atoms with Crippen molar-refractivity contribution in [2.45, 2.75) is 95.3 Å². The minimum atomic E-state index is -1.51. The Morgan fingerprint density at radius 2 is 1.16 bits per heavy atom. The van der Waals surface area contributed by atoms with E-state index in [1.807, 2.05) is 24.3 Å². The number of hydrogen-bond acceptors (Lipinski definition) is 6. The molecule has 0 radical (unpaired) electrons. The number of hydrogen-bond donors (Lipinski definition) is 2. The third-order valence-electron chi connectivity index (χ3n) is 22.4. The number of esters is 2. The van der Waals surface area contributed by atoms with Crippen LogP contribution in [0.1, 0.15) is 125 Å². The molecule has 352 valence electrons. The first kappa shape index (κ1) is 38.4. The lowest BCUT2D eigenvalue weighted by Crippen LogP contribution is -2.58. The Bertz CT molecular complexity index is 4540. The first-order valence-corrected chi connectivity index (χ1v) is 27.4. The van der Waals surface area contributed by atoms with Crippen LogP contribution in [0.25, 0.3) is 97.3 Å². The van der Waals surface area contributed by atoms with Crippen molar-refractivity contribution in [3.05, 3.63) is 140 Å². The molecule has 1 spiro atoms. The number of rotatable bonds is 13. The minimum Gasteiger partial charge on any atom is -0.508 e. The summed E-state index contributed by atoms with van der Waals surface area (Å²) in [5.41, 5.74) is 15.0. The quantitative estimate of drug-likeness (QED) is 0.0518. The van der Waals surface area contributed by atoms with E-state index in [0.29, 0.717) is 32.1 Å². The van der Waals surface area contributed by atoms with Gasteiger partial charge in [0.25, 0.3) is 0 Å². The summed E-state index contributed by atoms with van der Waals surface area (Å²) >= 11 is 0. The number of allylic oxidation sites excluding steroid dienone is 4. The lowest BCUT2D eigenvalue weighted by Gasteiger charge is -2.61. The summed E-state index contributed by atoms with van der Waals surface area (Å²) in [5.74, 6) is 0.0952. The molecule has 9 aliphatic rings. The zero-order valence-corrected chi connectivity index (χ0v) is 40.8. The number of phenols is 2. The minimum absolute atomic E-state index is 0.0847. The van der Waals surface area contributed by atoms with Gasteiger partial charge in [-0.05, 0) is 241 Å². The highest BCUT2D eigenvalue weighted by Crippen LogP contribution is 3.04. The highest BCUT2D eigenvalue weighted by Gasteiger charge is 3.08. The summed E-state index contributed by atoms with van der Waals surface area (Å²) in [6.07, 6.45) is 12.9. The SMILES string of the molecule is CCCC12C34CC5=CC6C=C7Cc8cc9cc%10c%11c%12c(cc(c%13c%14c3c5c3c5c%15c(c7c8c7c9c%11c(c%157)c(c%13%12)c%145)C36)C4C1(CC)C2(C(=O)OCCCc1ccc(O)cc1)C(=O)OCCCc1ccc(O)cc1)C%10. The van der Waals surface area contributed by atoms with Gasteiger partial charge in [0, 0.05) is 34.0 Å². The molecule has 6 atom stereocenters. The van der Waals surface area contributed by atoms with Gasteiger partial charge in [-0.15, -0.1) is 0 Å².